The van der Waals surface area contributed by atoms with E-state index >= 15 is 0 Å². The lowest BCUT2D eigenvalue weighted by atomic mass is 9.93. The van der Waals surface area contributed by atoms with Crippen LogP contribution in [0.4, 0.5) is 0 Å². The fourth-order valence-corrected chi connectivity index (χ4v) is 2.24. The first-order chi connectivity index (χ1) is 7.86. The van der Waals surface area contributed by atoms with Crippen LogP contribution in [0.25, 0.3) is 0 Å². The smallest absolute Gasteiger partial charge is 0.0704 e. The van der Waals surface area contributed by atoms with Crippen molar-refractivity contribution in [3.8, 4) is 0 Å². The molecule has 0 aromatic carbocycles. The van der Waals surface area contributed by atoms with E-state index in [4.69, 9.17) is 9.47 Å². The second-order valence-corrected chi connectivity index (χ2v) is 4.51. The van der Waals surface area contributed by atoms with E-state index in [2.05, 4.69) is 19.2 Å². The normalized spacial score (nSPS) is 25.9. The zero-order chi connectivity index (χ0) is 11.6. The van der Waals surface area contributed by atoms with Crippen LogP contribution < -0.4 is 5.32 Å². The lowest BCUT2D eigenvalue weighted by molar-refractivity contribution is -0.0133. The van der Waals surface area contributed by atoms with Gasteiger partial charge in [-0.3, -0.25) is 0 Å². The number of hydrogen-bond donors (Lipinski definition) is 1. The molecular weight excluding hydrogens is 202 g/mol. The van der Waals surface area contributed by atoms with Gasteiger partial charge in [0.1, 0.15) is 0 Å². The summed E-state index contributed by atoms with van der Waals surface area (Å²) in [6.07, 6.45) is 6.48. The second kappa shape index (κ2) is 8.97. The van der Waals surface area contributed by atoms with Gasteiger partial charge < -0.3 is 14.8 Å². The predicted octanol–water partition coefficient (Wildman–Crippen LogP) is 2.35. The van der Waals surface area contributed by atoms with Gasteiger partial charge in [-0.1, -0.05) is 13.8 Å². The summed E-state index contributed by atoms with van der Waals surface area (Å²) in [5.41, 5.74) is 0. The highest BCUT2D eigenvalue weighted by atomic mass is 16.5. The van der Waals surface area contributed by atoms with Crippen molar-refractivity contribution in [3.05, 3.63) is 0 Å². The van der Waals surface area contributed by atoms with Gasteiger partial charge in [-0.15, -0.1) is 0 Å². The van der Waals surface area contributed by atoms with E-state index in [-0.39, 0.29) is 0 Å². The molecule has 1 fully saturated rings. The summed E-state index contributed by atoms with van der Waals surface area (Å²) in [4.78, 5) is 0. The minimum atomic E-state index is 0.472. The van der Waals surface area contributed by atoms with Crippen molar-refractivity contribution in [1.29, 1.82) is 0 Å². The Labute approximate surface area is 99.9 Å². The summed E-state index contributed by atoms with van der Waals surface area (Å²) in [6, 6.07) is 0.723. The van der Waals surface area contributed by atoms with Crippen LogP contribution in [0.1, 0.15) is 46.0 Å². The Kier molecular flexibility index (Phi) is 7.81. The molecule has 1 saturated carbocycles. The molecule has 0 aliphatic heterocycles. The molecule has 0 spiro atoms. The average molecular weight is 229 g/mol. The highest BCUT2D eigenvalue weighted by molar-refractivity contribution is 4.76. The molecule has 1 aliphatic carbocycles. The van der Waals surface area contributed by atoms with Crippen molar-refractivity contribution in [2.75, 3.05) is 26.4 Å². The van der Waals surface area contributed by atoms with Crippen LogP contribution in [-0.2, 0) is 9.47 Å². The van der Waals surface area contributed by atoms with Gasteiger partial charge >= 0.3 is 0 Å². The van der Waals surface area contributed by atoms with Gasteiger partial charge in [0.2, 0.25) is 0 Å². The molecule has 0 amide bonds. The lowest BCUT2D eigenvalue weighted by Gasteiger charge is -2.28. The minimum Gasteiger partial charge on any atom is -0.379 e. The molecule has 0 aromatic rings. The maximum absolute atomic E-state index is 5.80. The maximum Gasteiger partial charge on any atom is 0.0704 e. The monoisotopic (exact) mass is 229 g/mol. The summed E-state index contributed by atoms with van der Waals surface area (Å²) in [5.74, 6) is 0. The third-order valence-electron chi connectivity index (χ3n) is 3.10. The Hall–Kier alpha value is -0.120. The van der Waals surface area contributed by atoms with Crippen molar-refractivity contribution < 1.29 is 9.47 Å². The third-order valence-corrected chi connectivity index (χ3v) is 3.10. The Morgan fingerprint density at radius 2 is 1.75 bits per heavy atom. The summed E-state index contributed by atoms with van der Waals surface area (Å²) in [7, 11) is 0. The molecule has 3 heteroatoms. The molecule has 96 valence electrons. The standard InChI is InChI=1S/C13H27NO2/c1-3-9-15-10-11-16-13-7-5-12(6-8-13)14-4-2/h12-14H,3-11H2,1-2H3. The molecule has 3 nitrogen and oxygen atoms in total. The van der Waals surface area contributed by atoms with Gasteiger partial charge in [-0.25, -0.2) is 0 Å². The van der Waals surface area contributed by atoms with Gasteiger partial charge in [-0.2, -0.15) is 0 Å². The number of hydrogen-bond acceptors (Lipinski definition) is 3. The molecule has 0 atom stereocenters. The molecule has 0 radical (unpaired) electrons. The fraction of sp³-hybridized carbons (Fsp3) is 1.00. The van der Waals surface area contributed by atoms with Crippen LogP contribution >= 0.6 is 0 Å². The Balaban J connectivity index is 1.95. The summed E-state index contributed by atoms with van der Waals surface area (Å²) >= 11 is 0. The van der Waals surface area contributed by atoms with Gasteiger partial charge in [0.15, 0.2) is 0 Å². The molecular formula is C13H27NO2. The molecule has 1 rings (SSSR count). The summed E-state index contributed by atoms with van der Waals surface area (Å²) < 4.78 is 11.2. The van der Waals surface area contributed by atoms with E-state index in [1.54, 1.807) is 0 Å². The number of rotatable bonds is 8. The molecule has 0 unspecified atom stereocenters. The molecule has 16 heavy (non-hydrogen) atoms. The van der Waals surface area contributed by atoms with E-state index < -0.39 is 0 Å². The van der Waals surface area contributed by atoms with E-state index in [0.717, 1.165) is 38.8 Å². The summed E-state index contributed by atoms with van der Waals surface area (Å²) in [6.45, 7) is 7.76. The van der Waals surface area contributed by atoms with Crippen molar-refractivity contribution in [1.82, 2.24) is 5.32 Å². The Morgan fingerprint density at radius 3 is 2.38 bits per heavy atom. The van der Waals surface area contributed by atoms with Crippen LogP contribution in [0.3, 0.4) is 0 Å². The topological polar surface area (TPSA) is 30.5 Å². The van der Waals surface area contributed by atoms with Gasteiger partial charge in [0.05, 0.1) is 19.3 Å². The number of nitrogens with one attached hydrogen (secondary N) is 1. The molecule has 0 bridgehead atoms. The van der Waals surface area contributed by atoms with E-state index in [1.165, 1.54) is 25.7 Å². The SMILES string of the molecule is CCCOCCOC1CCC(NCC)CC1. The van der Waals surface area contributed by atoms with Crippen LogP contribution in [-0.4, -0.2) is 38.5 Å². The third kappa shape index (κ3) is 5.83. The molecule has 1 aliphatic rings. The average Bonchev–Trinajstić information content (AvgIpc) is 2.31. The van der Waals surface area contributed by atoms with Crippen LogP contribution in [0.2, 0.25) is 0 Å². The van der Waals surface area contributed by atoms with E-state index in [9.17, 15) is 0 Å². The first-order valence-electron chi connectivity index (χ1n) is 6.79. The highest BCUT2D eigenvalue weighted by Gasteiger charge is 2.20. The first-order valence-corrected chi connectivity index (χ1v) is 6.79. The van der Waals surface area contributed by atoms with Crippen LogP contribution in [0, 0.1) is 0 Å². The van der Waals surface area contributed by atoms with Crippen molar-refractivity contribution in [3.63, 3.8) is 0 Å². The molecule has 0 saturated heterocycles. The highest BCUT2D eigenvalue weighted by Crippen LogP contribution is 2.20. The van der Waals surface area contributed by atoms with Gasteiger partial charge in [0.25, 0.3) is 0 Å². The van der Waals surface area contributed by atoms with Crippen LogP contribution in [0.5, 0.6) is 0 Å². The number of ether oxygens (including phenoxy) is 2. The van der Waals surface area contributed by atoms with Crippen molar-refractivity contribution >= 4 is 0 Å². The Bertz CT molecular complexity index is 156. The Morgan fingerprint density at radius 1 is 1.00 bits per heavy atom. The fourth-order valence-electron chi connectivity index (χ4n) is 2.24. The van der Waals surface area contributed by atoms with Crippen molar-refractivity contribution in [2.45, 2.75) is 58.1 Å². The lowest BCUT2D eigenvalue weighted by Crippen LogP contribution is -2.35. The minimum absolute atomic E-state index is 0.472. The zero-order valence-corrected chi connectivity index (χ0v) is 10.8. The largest absolute Gasteiger partial charge is 0.379 e. The molecule has 0 aromatic heterocycles. The predicted molar refractivity (Wildman–Crippen MR) is 66.8 cm³/mol. The molecule has 0 heterocycles. The van der Waals surface area contributed by atoms with Crippen molar-refractivity contribution in [2.24, 2.45) is 0 Å². The van der Waals surface area contributed by atoms with E-state index in [0.29, 0.717) is 6.10 Å². The second-order valence-electron chi connectivity index (χ2n) is 4.51. The van der Waals surface area contributed by atoms with Crippen LogP contribution in [0.15, 0.2) is 0 Å². The zero-order valence-electron chi connectivity index (χ0n) is 10.8. The van der Waals surface area contributed by atoms with E-state index in [1.807, 2.05) is 0 Å². The maximum atomic E-state index is 5.80. The first kappa shape index (κ1) is 13.9. The van der Waals surface area contributed by atoms with Gasteiger partial charge in [-0.05, 0) is 38.6 Å². The summed E-state index contributed by atoms with van der Waals surface area (Å²) in [5, 5.41) is 3.51. The quantitative estimate of drug-likeness (QED) is 0.648. The molecule has 1 N–H and O–H groups in total. The van der Waals surface area contributed by atoms with Gasteiger partial charge in [0, 0.05) is 12.6 Å².